The lowest BCUT2D eigenvalue weighted by Gasteiger charge is -2.23. The summed E-state index contributed by atoms with van der Waals surface area (Å²) in [6, 6.07) is 9.31. The second kappa shape index (κ2) is 3.70. The maximum absolute atomic E-state index is 3.45. The molecule has 2 heteroatoms. The lowest BCUT2D eigenvalue weighted by atomic mass is 10.2. The Balaban J connectivity index is 2.20. The van der Waals surface area contributed by atoms with E-state index in [0.29, 0.717) is 6.04 Å². The molecule has 1 saturated heterocycles. The monoisotopic (exact) mass is 239 g/mol. The number of rotatable bonds is 1. The van der Waals surface area contributed by atoms with Crippen LogP contribution < -0.4 is 4.90 Å². The Hall–Kier alpha value is -0.500. The van der Waals surface area contributed by atoms with Gasteiger partial charge in [-0.15, -0.1) is 0 Å². The fourth-order valence-corrected chi connectivity index (χ4v) is 2.21. The van der Waals surface area contributed by atoms with Gasteiger partial charge in [0.1, 0.15) is 0 Å². The lowest BCUT2D eigenvalue weighted by molar-refractivity contribution is 0.735. The topological polar surface area (TPSA) is 3.24 Å². The van der Waals surface area contributed by atoms with E-state index in [2.05, 4.69) is 52.0 Å². The van der Waals surface area contributed by atoms with Gasteiger partial charge in [-0.25, -0.2) is 0 Å². The first kappa shape index (κ1) is 9.07. The van der Waals surface area contributed by atoms with Gasteiger partial charge in [-0.1, -0.05) is 15.9 Å². The van der Waals surface area contributed by atoms with Gasteiger partial charge in [-0.05, 0) is 44.0 Å². The molecule has 2 rings (SSSR count). The van der Waals surface area contributed by atoms with Crippen LogP contribution in [-0.2, 0) is 0 Å². The highest BCUT2D eigenvalue weighted by Crippen LogP contribution is 2.26. The minimum absolute atomic E-state index is 0.709. The van der Waals surface area contributed by atoms with Crippen molar-refractivity contribution in [1.82, 2.24) is 0 Å². The molecule has 1 aromatic carbocycles. The molecule has 1 fully saturated rings. The van der Waals surface area contributed by atoms with Crippen molar-refractivity contribution in [2.75, 3.05) is 11.4 Å². The Bertz CT molecular complexity index is 281. The minimum Gasteiger partial charge on any atom is -0.369 e. The van der Waals surface area contributed by atoms with Crippen molar-refractivity contribution >= 4 is 21.6 Å². The highest BCUT2D eigenvalue weighted by Gasteiger charge is 2.19. The zero-order valence-corrected chi connectivity index (χ0v) is 9.42. The molecule has 0 bridgehead atoms. The number of hydrogen-bond acceptors (Lipinski definition) is 1. The van der Waals surface area contributed by atoms with E-state index in [0.717, 1.165) is 4.47 Å². The molecule has 13 heavy (non-hydrogen) atoms. The van der Waals surface area contributed by atoms with Crippen molar-refractivity contribution in [2.45, 2.75) is 25.8 Å². The molecule has 0 aliphatic carbocycles. The van der Waals surface area contributed by atoms with Crippen LogP contribution >= 0.6 is 15.9 Å². The number of hydrogen-bond donors (Lipinski definition) is 0. The van der Waals surface area contributed by atoms with Gasteiger partial charge in [0.2, 0.25) is 0 Å². The van der Waals surface area contributed by atoms with Gasteiger partial charge in [0, 0.05) is 22.7 Å². The molecule has 1 aromatic rings. The van der Waals surface area contributed by atoms with E-state index in [4.69, 9.17) is 0 Å². The first-order valence-electron chi connectivity index (χ1n) is 4.79. The Morgan fingerprint density at radius 3 is 2.54 bits per heavy atom. The summed E-state index contributed by atoms with van der Waals surface area (Å²) < 4.78 is 1.16. The molecule has 1 aliphatic heterocycles. The van der Waals surface area contributed by atoms with Crippen LogP contribution in [0.4, 0.5) is 5.69 Å². The van der Waals surface area contributed by atoms with E-state index in [1.807, 2.05) is 0 Å². The Kier molecular flexibility index (Phi) is 2.58. The summed E-state index contributed by atoms with van der Waals surface area (Å²) >= 11 is 3.45. The van der Waals surface area contributed by atoms with Crippen molar-refractivity contribution < 1.29 is 0 Å². The average molecular weight is 240 g/mol. The van der Waals surface area contributed by atoms with E-state index in [-0.39, 0.29) is 0 Å². The number of anilines is 1. The van der Waals surface area contributed by atoms with Gasteiger partial charge < -0.3 is 4.90 Å². The molecule has 0 radical (unpaired) electrons. The van der Waals surface area contributed by atoms with E-state index in [9.17, 15) is 0 Å². The second-order valence-electron chi connectivity index (χ2n) is 3.66. The van der Waals surface area contributed by atoms with Gasteiger partial charge in [0.05, 0.1) is 0 Å². The highest BCUT2D eigenvalue weighted by molar-refractivity contribution is 9.10. The quantitative estimate of drug-likeness (QED) is 0.726. The molecular weight excluding hydrogens is 226 g/mol. The van der Waals surface area contributed by atoms with E-state index < -0.39 is 0 Å². The van der Waals surface area contributed by atoms with Crippen LogP contribution in [-0.4, -0.2) is 12.6 Å². The van der Waals surface area contributed by atoms with Crippen molar-refractivity contribution in [3.05, 3.63) is 28.7 Å². The molecule has 1 heterocycles. The normalized spacial score (nSPS) is 22.3. The third-order valence-corrected chi connectivity index (χ3v) is 3.24. The smallest absolute Gasteiger partial charge is 0.0369 e. The molecule has 1 atom stereocenters. The van der Waals surface area contributed by atoms with Gasteiger partial charge >= 0.3 is 0 Å². The molecule has 1 aliphatic rings. The van der Waals surface area contributed by atoms with Crippen LogP contribution in [0.25, 0.3) is 0 Å². The molecular formula is C11H14BrN. The first-order chi connectivity index (χ1) is 6.27. The van der Waals surface area contributed by atoms with E-state index >= 15 is 0 Å². The van der Waals surface area contributed by atoms with Crippen LogP contribution in [0.2, 0.25) is 0 Å². The van der Waals surface area contributed by atoms with Crippen LogP contribution in [0, 0.1) is 0 Å². The average Bonchev–Trinajstić information content (AvgIpc) is 2.53. The predicted octanol–water partition coefficient (Wildman–Crippen LogP) is 3.44. The SMILES string of the molecule is C[C@@H]1CCCN1c1ccc(Br)cc1. The summed E-state index contributed by atoms with van der Waals surface area (Å²) in [6.45, 7) is 3.51. The van der Waals surface area contributed by atoms with E-state index in [1.54, 1.807) is 0 Å². The number of halogens is 1. The summed E-state index contributed by atoms with van der Waals surface area (Å²) in [5, 5.41) is 0. The van der Waals surface area contributed by atoms with Crippen LogP contribution in [0.1, 0.15) is 19.8 Å². The van der Waals surface area contributed by atoms with Crippen LogP contribution in [0.3, 0.4) is 0 Å². The fourth-order valence-electron chi connectivity index (χ4n) is 1.95. The maximum Gasteiger partial charge on any atom is 0.0369 e. The summed E-state index contributed by atoms with van der Waals surface area (Å²) in [6.07, 6.45) is 2.66. The molecule has 0 amide bonds. The van der Waals surface area contributed by atoms with Crippen molar-refractivity contribution in [3.63, 3.8) is 0 Å². The Morgan fingerprint density at radius 1 is 1.31 bits per heavy atom. The van der Waals surface area contributed by atoms with Gasteiger partial charge in [-0.3, -0.25) is 0 Å². The van der Waals surface area contributed by atoms with Gasteiger partial charge in [0.15, 0.2) is 0 Å². The highest BCUT2D eigenvalue weighted by atomic mass is 79.9. The zero-order valence-electron chi connectivity index (χ0n) is 7.83. The molecule has 0 unspecified atom stereocenters. The van der Waals surface area contributed by atoms with E-state index in [1.165, 1.54) is 25.1 Å². The minimum atomic E-state index is 0.709. The molecule has 70 valence electrons. The molecule has 0 aromatic heterocycles. The van der Waals surface area contributed by atoms with Gasteiger partial charge in [0.25, 0.3) is 0 Å². The van der Waals surface area contributed by atoms with Crippen molar-refractivity contribution in [1.29, 1.82) is 0 Å². The molecule has 0 spiro atoms. The number of nitrogens with zero attached hydrogens (tertiary/aromatic N) is 1. The lowest BCUT2D eigenvalue weighted by Crippen LogP contribution is -2.25. The summed E-state index contributed by atoms with van der Waals surface area (Å²) in [5.41, 5.74) is 1.35. The van der Waals surface area contributed by atoms with Crippen molar-refractivity contribution in [2.24, 2.45) is 0 Å². The third kappa shape index (κ3) is 1.88. The fraction of sp³-hybridized carbons (Fsp3) is 0.455. The number of benzene rings is 1. The molecule has 0 N–H and O–H groups in total. The maximum atomic E-state index is 3.45. The second-order valence-corrected chi connectivity index (χ2v) is 4.58. The predicted molar refractivity (Wildman–Crippen MR) is 60.2 cm³/mol. The first-order valence-corrected chi connectivity index (χ1v) is 5.59. The van der Waals surface area contributed by atoms with Gasteiger partial charge in [-0.2, -0.15) is 0 Å². The van der Waals surface area contributed by atoms with Crippen LogP contribution in [0.5, 0.6) is 0 Å². The summed E-state index contributed by atoms with van der Waals surface area (Å²) in [5.74, 6) is 0. The Labute approximate surface area is 87.9 Å². The zero-order chi connectivity index (χ0) is 9.26. The van der Waals surface area contributed by atoms with Crippen molar-refractivity contribution in [3.8, 4) is 0 Å². The third-order valence-electron chi connectivity index (χ3n) is 2.71. The largest absolute Gasteiger partial charge is 0.369 e. The summed E-state index contributed by atoms with van der Waals surface area (Å²) in [7, 11) is 0. The standard InChI is InChI=1S/C11H14BrN/c1-9-3-2-8-13(9)11-6-4-10(12)5-7-11/h4-7,9H,2-3,8H2,1H3/t9-/m1/s1. The molecule has 1 nitrogen and oxygen atoms in total. The van der Waals surface area contributed by atoms with Crippen LogP contribution in [0.15, 0.2) is 28.7 Å². The summed E-state index contributed by atoms with van der Waals surface area (Å²) in [4.78, 5) is 2.48. The molecule has 0 saturated carbocycles. The Morgan fingerprint density at radius 2 is 2.00 bits per heavy atom.